The first kappa shape index (κ1) is 45.4. The van der Waals surface area contributed by atoms with Crippen LogP contribution in [0.4, 0.5) is 0 Å². The maximum absolute atomic E-state index is 11.5. The smallest absolute Gasteiger partial charge is 0.195 e. The summed E-state index contributed by atoms with van der Waals surface area (Å²) in [6, 6.07) is 14.3. The van der Waals surface area contributed by atoms with Gasteiger partial charge < -0.3 is 25.5 Å². The lowest BCUT2D eigenvalue weighted by Gasteiger charge is -2.05. The normalized spacial score (nSPS) is 9.42. The van der Waals surface area contributed by atoms with Crippen molar-refractivity contribution < 1.29 is 9.59 Å². The number of hydrogen-bond acceptors (Lipinski definition) is 15. The highest BCUT2D eigenvalue weighted by atomic mass is 32.2. The number of hydrogen-bond donors (Lipinski definition) is 4. The van der Waals surface area contributed by atoms with Gasteiger partial charge in [-0.15, -0.1) is 10.2 Å². The van der Waals surface area contributed by atoms with Crippen molar-refractivity contribution in [1.82, 2.24) is 60.1 Å². The van der Waals surface area contributed by atoms with Crippen LogP contribution in [0.25, 0.3) is 22.8 Å². The molecule has 286 valence electrons. The number of isothiocyanates is 1. The number of nitrogens with one attached hydrogen (secondary N) is 3. The Hall–Kier alpha value is -5.76. The monoisotopic (exact) mass is 816 g/mol. The number of thioether (sulfide) groups is 1. The predicted molar refractivity (Wildman–Crippen MR) is 224 cm³/mol. The van der Waals surface area contributed by atoms with Gasteiger partial charge >= 0.3 is 0 Å². The highest BCUT2D eigenvalue weighted by Gasteiger charge is 2.09. The van der Waals surface area contributed by atoms with Crippen molar-refractivity contribution in [2.24, 2.45) is 24.8 Å². The van der Waals surface area contributed by atoms with E-state index in [1.54, 1.807) is 99.7 Å². The largest absolute Gasteiger partial charge is 0.366 e. The van der Waals surface area contributed by atoms with Crippen molar-refractivity contribution in [1.29, 1.82) is 0 Å². The van der Waals surface area contributed by atoms with Crippen LogP contribution >= 0.6 is 48.4 Å². The van der Waals surface area contributed by atoms with Gasteiger partial charge in [0, 0.05) is 100 Å². The molecule has 0 aromatic carbocycles. The molecule has 6 rings (SSSR count). The van der Waals surface area contributed by atoms with Gasteiger partial charge in [-0.2, -0.15) is 5.10 Å². The number of rotatable bonds is 8. The molecule has 0 atom stereocenters. The van der Waals surface area contributed by atoms with Gasteiger partial charge in [0.15, 0.2) is 38.3 Å². The lowest BCUT2D eigenvalue weighted by molar-refractivity contribution is 0.0990. The molecule has 0 saturated carbocycles. The fraction of sp³-hybridized carbons (Fsp3) is 0.200. The highest BCUT2D eigenvalue weighted by Crippen LogP contribution is 2.20. The maximum Gasteiger partial charge on any atom is 0.195 e. The number of nitrogens with zero attached hydrogens (tertiary/aromatic N) is 10. The average Bonchev–Trinajstić information content (AvgIpc) is 3.80. The number of Topliss-reactive ketones (excluding diaryl/α,β-unsaturated/α-hetero) is 2. The number of thiocarbonyl (C=S) groups is 2. The van der Waals surface area contributed by atoms with Gasteiger partial charge in [0.2, 0.25) is 0 Å². The minimum Gasteiger partial charge on any atom is -0.366 e. The van der Waals surface area contributed by atoms with Crippen LogP contribution in [-0.2, 0) is 14.1 Å². The van der Waals surface area contributed by atoms with E-state index in [2.05, 4.69) is 73.3 Å². The van der Waals surface area contributed by atoms with E-state index >= 15 is 0 Å². The van der Waals surface area contributed by atoms with Crippen molar-refractivity contribution in [2.75, 3.05) is 33.4 Å². The van der Waals surface area contributed by atoms with Gasteiger partial charge in [0.25, 0.3) is 0 Å². The van der Waals surface area contributed by atoms with E-state index in [4.69, 9.17) is 30.2 Å². The molecule has 6 heterocycles. The third-order valence-corrected chi connectivity index (χ3v) is 8.31. The molecule has 0 aliphatic rings. The van der Waals surface area contributed by atoms with Crippen molar-refractivity contribution in [3.63, 3.8) is 0 Å². The molecule has 0 aliphatic carbocycles. The first-order valence-electron chi connectivity index (χ1n) is 15.9. The Balaban J connectivity index is 0.000000247. The van der Waals surface area contributed by atoms with Crippen LogP contribution in [0, 0.1) is 4.77 Å². The fourth-order valence-electron chi connectivity index (χ4n) is 3.90. The Morgan fingerprint density at radius 3 is 1.65 bits per heavy atom. The van der Waals surface area contributed by atoms with Crippen LogP contribution in [0.2, 0.25) is 0 Å². The number of carbonyl (C=O) groups excluding carboxylic acids is 2. The lowest BCUT2D eigenvalue weighted by atomic mass is 10.2. The van der Waals surface area contributed by atoms with Crippen LogP contribution in [0.1, 0.15) is 20.7 Å². The summed E-state index contributed by atoms with van der Waals surface area (Å²) in [5.74, 6) is 1.64. The predicted octanol–water partition coefficient (Wildman–Crippen LogP) is 4.44. The van der Waals surface area contributed by atoms with E-state index in [1.165, 1.54) is 0 Å². The molecule has 0 aliphatic heterocycles. The summed E-state index contributed by atoms with van der Waals surface area (Å²) in [5, 5.41) is 24.0. The van der Waals surface area contributed by atoms with Gasteiger partial charge in [-0.05, 0) is 91.4 Å². The second kappa shape index (κ2) is 26.1. The molecular weight excluding hydrogens is 777 g/mol. The Morgan fingerprint density at radius 2 is 1.27 bits per heavy atom. The molecule has 0 amide bonds. The second-order valence-electron chi connectivity index (χ2n) is 10.2. The Morgan fingerprint density at radius 1 is 0.818 bits per heavy atom. The maximum atomic E-state index is 11.5. The summed E-state index contributed by atoms with van der Waals surface area (Å²) in [7, 11) is 7.13. The summed E-state index contributed by atoms with van der Waals surface area (Å²) in [6.07, 6.45) is 15.3. The molecule has 16 nitrogen and oxygen atoms in total. The summed E-state index contributed by atoms with van der Waals surface area (Å²) >= 11 is 15.6. The molecule has 0 bridgehead atoms. The van der Waals surface area contributed by atoms with Gasteiger partial charge in [-0.25, -0.2) is 4.99 Å². The minimum absolute atomic E-state index is 0.00926. The van der Waals surface area contributed by atoms with Crippen molar-refractivity contribution in [3.8, 4) is 22.8 Å². The molecule has 5 N–H and O–H groups in total. The summed E-state index contributed by atoms with van der Waals surface area (Å²) in [4.78, 5) is 41.1. The molecular formula is C35H40N14O2S4. The Kier molecular flexibility index (Phi) is 21.5. The number of carbonyl (C=O) groups is 2. The topological polar surface area (TPSA) is 212 Å². The van der Waals surface area contributed by atoms with Crippen molar-refractivity contribution in [3.05, 3.63) is 114 Å². The van der Waals surface area contributed by atoms with Crippen molar-refractivity contribution in [2.45, 2.75) is 5.16 Å². The van der Waals surface area contributed by atoms with E-state index in [9.17, 15) is 9.59 Å². The second-order valence-corrected chi connectivity index (χ2v) is 12.0. The standard InChI is InChI=1S/C9H10N4S.C9H11N3OS.C8H8N4S.C7H8N2O.C2H3NS/c1-13-8(11-12-9(13)14-2)7-3-5-10-6-4-7;1-10-9(14)12-6-8(13)7-2-4-11-5-3-7;1-12-7(10-11-8(12)13)6-2-4-9-5-3-6;8-5-7(10)6-1-3-9-4-2-6;1-3-2-4/h3-6H,1-2H3;2-5H,6H2,1H3,(H2,10,12,14);2-5H,1H3,(H,11,13);1-4H,5,8H2;1H3. The molecule has 6 aromatic heterocycles. The van der Waals surface area contributed by atoms with E-state index in [0.29, 0.717) is 21.0 Å². The fourth-order valence-corrected chi connectivity index (χ4v) is 4.58. The van der Waals surface area contributed by atoms with E-state index in [1.807, 2.05) is 53.8 Å². The molecule has 0 spiro atoms. The third-order valence-electron chi connectivity index (χ3n) is 6.69. The SMILES string of the molecule is CN=C=S.CNC(=S)NCC(=O)c1ccncc1.CSc1nnc(-c2ccncc2)n1C.Cn1c(-c2ccncc2)n[nH]c1=S.NCC(=O)c1ccncc1. The van der Waals surface area contributed by atoms with E-state index in [-0.39, 0.29) is 24.7 Å². The van der Waals surface area contributed by atoms with Crippen LogP contribution < -0.4 is 16.4 Å². The lowest BCUT2D eigenvalue weighted by Crippen LogP contribution is -2.36. The Bertz CT molecular complexity index is 2140. The molecule has 0 unspecified atom stereocenters. The molecule has 0 radical (unpaired) electrons. The number of H-pyrrole nitrogens is 1. The number of pyridine rings is 4. The summed E-state index contributed by atoms with van der Waals surface area (Å²) in [5.41, 5.74) is 8.43. The zero-order valence-corrected chi connectivity index (χ0v) is 33.9. The summed E-state index contributed by atoms with van der Waals surface area (Å²) in [6.45, 7) is 0.258. The van der Waals surface area contributed by atoms with E-state index in [0.717, 1.165) is 27.9 Å². The third kappa shape index (κ3) is 16.0. The number of aromatic amines is 1. The molecule has 0 fully saturated rings. The van der Waals surface area contributed by atoms with Crippen LogP contribution in [0.3, 0.4) is 0 Å². The number of aliphatic imine (C=N–C) groups is 1. The molecule has 6 aromatic rings. The number of nitrogens with two attached hydrogens (primary N) is 1. The Labute approximate surface area is 338 Å². The van der Waals surface area contributed by atoms with Crippen LogP contribution in [0.5, 0.6) is 0 Å². The molecule has 55 heavy (non-hydrogen) atoms. The zero-order valence-electron chi connectivity index (χ0n) is 30.7. The molecule has 20 heteroatoms. The minimum atomic E-state index is -0.0533. The van der Waals surface area contributed by atoms with E-state index < -0.39 is 0 Å². The quantitative estimate of drug-likeness (QED) is 0.0724. The number of ketones is 2. The highest BCUT2D eigenvalue weighted by molar-refractivity contribution is 7.98. The number of aromatic nitrogens is 10. The van der Waals surface area contributed by atoms with Gasteiger partial charge in [0.05, 0.1) is 18.3 Å². The van der Waals surface area contributed by atoms with Crippen LogP contribution in [-0.4, -0.2) is 105 Å². The van der Waals surface area contributed by atoms with Gasteiger partial charge in [-0.3, -0.25) is 34.6 Å². The van der Waals surface area contributed by atoms with Gasteiger partial charge in [0.1, 0.15) is 0 Å². The first-order chi connectivity index (χ1) is 26.6. The molecule has 0 saturated heterocycles. The van der Waals surface area contributed by atoms with Gasteiger partial charge in [-0.1, -0.05) is 11.8 Å². The average molecular weight is 817 g/mol. The van der Waals surface area contributed by atoms with Crippen LogP contribution in [0.15, 0.2) is 108 Å². The summed E-state index contributed by atoms with van der Waals surface area (Å²) < 4.78 is 4.41. The zero-order chi connectivity index (χ0) is 40.4. The van der Waals surface area contributed by atoms with Crippen molar-refractivity contribution >= 4 is 70.3 Å². The first-order valence-corrected chi connectivity index (χ1v) is 18.4.